The number of nitrogens with zero attached hydrogens (tertiary/aromatic N) is 1. The van der Waals surface area contributed by atoms with Gasteiger partial charge in [-0.05, 0) is 0 Å². The van der Waals surface area contributed by atoms with Crippen molar-refractivity contribution in [2.45, 2.75) is 12.8 Å². The average molecular weight is 192 g/mol. The molecular weight excluding hydrogens is 186 g/mol. The minimum atomic E-state index is -0.364. The van der Waals surface area contributed by atoms with E-state index in [1.807, 2.05) is 0 Å². The topological polar surface area (TPSA) is 39.2 Å². The van der Waals surface area contributed by atoms with Crippen LogP contribution in [0.25, 0.3) is 0 Å². The maximum absolute atomic E-state index is 10.4. The first-order chi connectivity index (χ1) is 5.22. The van der Waals surface area contributed by atoms with Gasteiger partial charge >= 0.3 is 5.97 Å². The Morgan fingerprint density at radius 2 is 2.64 bits per heavy atom. The fourth-order valence-corrected chi connectivity index (χ4v) is 1.34. The number of carbonyl (C=O) groups is 1. The second kappa shape index (κ2) is 3.69. The van der Waals surface area contributed by atoms with E-state index in [1.165, 1.54) is 18.3 Å². The largest absolute Gasteiger partial charge is 0.407 e. The summed E-state index contributed by atoms with van der Waals surface area (Å²) in [6, 6.07) is 0. The highest BCUT2D eigenvalue weighted by molar-refractivity contribution is 7.10. The third-order valence-corrected chi connectivity index (χ3v) is 2.13. The molecular formula is C6H6ClNO2S. The monoisotopic (exact) mass is 191 g/mol. The molecule has 11 heavy (non-hydrogen) atoms. The fourth-order valence-electron chi connectivity index (χ4n) is 0.550. The summed E-state index contributed by atoms with van der Waals surface area (Å²) in [5.41, 5.74) is 0. The van der Waals surface area contributed by atoms with Crippen LogP contribution in [0.1, 0.15) is 11.9 Å². The molecule has 0 spiro atoms. The van der Waals surface area contributed by atoms with Gasteiger partial charge in [0.05, 0.1) is 11.3 Å². The molecule has 0 saturated heterocycles. The number of rotatable bonds is 2. The lowest BCUT2D eigenvalue weighted by Crippen LogP contribution is -2.01. The van der Waals surface area contributed by atoms with Crippen LogP contribution in [-0.4, -0.2) is 11.0 Å². The molecule has 0 radical (unpaired) electrons. The summed E-state index contributed by atoms with van der Waals surface area (Å²) in [5, 5.41) is 2.40. The molecule has 0 amide bonds. The Balaban J connectivity index is 2.65. The number of hydrogen-bond donors (Lipinski definition) is 0. The van der Waals surface area contributed by atoms with Crippen molar-refractivity contribution in [2.24, 2.45) is 0 Å². The van der Waals surface area contributed by atoms with E-state index in [0.717, 1.165) is 5.01 Å². The molecule has 0 bridgehead atoms. The van der Waals surface area contributed by atoms with Crippen molar-refractivity contribution in [3.05, 3.63) is 10.4 Å². The molecule has 1 aromatic rings. The lowest BCUT2D eigenvalue weighted by atomic mass is 10.7. The maximum Gasteiger partial charge on any atom is 0.309 e. The van der Waals surface area contributed by atoms with Crippen LogP contribution in [0, 0.1) is 0 Å². The van der Waals surface area contributed by atoms with E-state index in [2.05, 4.69) is 4.98 Å². The molecule has 0 aliphatic carbocycles. The van der Waals surface area contributed by atoms with Crippen molar-refractivity contribution in [3.63, 3.8) is 0 Å². The summed E-state index contributed by atoms with van der Waals surface area (Å²) in [6.45, 7) is 1.33. The van der Waals surface area contributed by atoms with Gasteiger partial charge in [0.15, 0.2) is 0 Å². The van der Waals surface area contributed by atoms with E-state index in [1.54, 1.807) is 5.38 Å². The number of halogens is 1. The highest BCUT2D eigenvalue weighted by atomic mass is 35.5. The lowest BCUT2D eigenvalue weighted by molar-refractivity contribution is -0.132. The van der Waals surface area contributed by atoms with Gasteiger partial charge in [0.25, 0.3) is 0 Å². The van der Waals surface area contributed by atoms with Crippen LogP contribution < -0.4 is 4.74 Å². The molecule has 3 nitrogen and oxygen atoms in total. The Bertz CT molecular complexity index is 261. The Labute approximate surface area is 73.0 Å². The summed E-state index contributed by atoms with van der Waals surface area (Å²) in [4.78, 5) is 14.3. The molecule has 0 aromatic carbocycles. The zero-order valence-corrected chi connectivity index (χ0v) is 7.41. The van der Waals surface area contributed by atoms with Gasteiger partial charge in [-0.15, -0.1) is 22.9 Å². The third kappa shape index (κ3) is 2.48. The minimum absolute atomic E-state index is 0.332. The SMILES string of the molecule is CC(=O)Oc1csc(CCl)n1. The van der Waals surface area contributed by atoms with Crippen molar-refractivity contribution in [2.75, 3.05) is 0 Å². The van der Waals surface area contributed by atoms with Crippen LogP contribution in [0.3, 0.4) is 0 Å². The number of aromatic nitrogens is 1. The van der Waals surface area contributed by atoms with Crippen molar-refractivity contribution in [1.82, 2.24) is 4.98 Å². The highest BCUT2D eigenvalue weighted by Gasteiger charge is 2.02. The Morgan fingerprint density at radius 1 is 1.91 bits per heavy atom. The highest BCUT2D eigenvalue weighted by Crippen LogP contribution is 2.17. The first kappa shape index (κ1) is 8.49. The van der Waals surface area contributed by atoms with E-state index >= 15 is 0 Å². The van der Waals surface area contributed by atoms with Crippen LogP contribution >= 0.6 is 22.9 Å². The van der Waals surface area contributed by atoms with Crippen LogP contribution in [0.15, 0.2) is 5.38 Å². The van der Waals surface area contributed by atoms with Crippen LogP contribution in [0.4, 0.5) is 0 Å². The second-order valence-electron chi connectivity index (χ2n) is 1.81. The first-order valence-electron chi connectivity index (χ1n) is 2.91. The van der Waals surface area contributed by atoms with Gasteiger partial charge in [0.1, 0.15) is 5.01 Å². The zero-order valence-electron chi connectivity index (χ0n) is 5.83. The van der Waals surface area contributed by atoms with E-state index in [0.29, 0.717) is 11.8 Å². The summed E-state index contributed by atoms with van der Waals surface area (Å²) >= 11 is 6.86. The Kier molecular flexibility index (Phi) is 2.84. The van der Waals surface area contributed by atoms with Crippen LogP contribution in [-0.2, 0) is 10.7 Å². The molecule has 0 aliphatic heterocycles. The third-order valence-electron chi connectivity index (χ3n) is 0.893. The standard InChI is InChI=1S/C6H6ClNO2S/c1-4(9)10-5-3-11-6(2-7)8-5/h3H,2H2,1H3. The van der Waals surface area contributed by atoms with Gasteiger partial charge < -0.3 is 4.74 Å². The smallest absolute Gasteiger partial charge is 0.309 e. The summed E-state index contributed by atoms with van der Waals surface area (Å²) < 4.78 is 4.70. The van der Waals surface area contributed by atoms with Gasteiger partial charge in [-0.2, -0.15) is 0 Å². The van der Waals surface area contributed by atoms with Crippen molar-refractivity contribution in [1.29, 1.82) is 0 Å². The normalized spacial score (nSPS) is 9.64. The molecule has 1 heterocycles. The van der Waals surface area contributed by atoms with E-state index in [-0.39, 0.29) is 5.97 Å². The number of thiazole rings is 1. The maximum atomic E-state index is 10.4. The predicted molar refractivity (Wildman–Crippen MR) is 43.0 cm³/mol. The molecule has 0 aliphatic rings. The summed E-state index contributed by atoms with van der Waals surface area (Å²) in [5.74, 6) is 0.320. The zero-order chi connectivity index (χ0) is 8.27. The second-order valence-corrected chi connectivity index (χ2v) is 3.02. The first-order valence-corrected chi connectivity index (χ1v) is 4.32. The molecule has 1 rings (SSSR count). The van der Waals surface area contributed by atoms with Gasteiger partial charge in [0.2, 0.25) is 5.88 Å². The van der Waals surface area contributed by atoms with Gasteiger partial charge in [-0.1, -0.05) is 0 Å². The number of carbonyl (C=O) groups excluding carboxylic acids is 1. The number of esters is 1. The lowest BCUT2D eigenvalue weighted by Gasteiger charge is -1.91. The van der Waals surface area contributed by atoms with Crippen LogP contribution in [0.5, 0.6) is 5.88 Å². The molecule has 0 fully saturated rings. The number of hydrogen-bond acceptors (Lipinski definition) is 4. The van der Waals surface area contributed by atoms with Gasteiger partial charge in [-0.25, -0.2) is 4.98 Å². The summed E-state index contributed by atoms with van der Waals surface area (Å²) in [7, 11) is 0. The average Bonchev–Trinajstić information content (AvgIpc) is 2.34. The molecule has 60 valence electrons. The molecule has 0 unspecified atom stereocenters. The summed E-state index contributed by atoms with van der Waals surface area (Å²) in [6.07, 6.45) is 0. The fraction of sp³-hybridized carbons (Fsp3) is 0.333. The molecule has 1 aromatic heterocycles. The van der Waals surface area contributed by atoms with Gasteiger partial charge in [-0.3, -0.25) is 4.79 Å². The molecule has 5 heteroatoms. The Morgan fingerprint density at radius 3 is 3.09 bits per heavy atom. The van der Waals surface area contributed by atoms with E-state index in [9.17, 15) is 4.79 Å². The molecule has 0 saturated carbocycles. The number of alkyl halides is 1. The number of ether oxygens (including phenoxy) is 1. The van der Waals surface area contributed by atoms with Crippen molar-refractivity contribution in [3.8, 4) is 5.88 Å². The Hall–Kier alpha value is -0.610. The van der Waals surface area contributed by atoms with E-state index in [4.69, 9.17) is 16.3 Å². The van der Waals surface area contributed by atoms with Crippen molar-refractivity contribution < 1.29 is 9.53 Å². The molecule has 0 N–H and O–H groups in total. The van der Waals surface area contributed by atoms with Crippen LogP contribution in [0.2, 0.25) is 0 Å². The quantitative estimate of drug-likeness (QED) is 0.529. The van der Waals surface area contributed by atoms with Crippen molar-refractivity contribution >= 4 is 28.9 Å². The van der Waals surface area contributed by atoms with Gasteiger partial charge in [0, 0.05) is 6.92 Å². The van der Waals surface area contributed by atoms with E-state index < -0.39 is 0 Å². The minimum Gasteiger partial charge on any atom is -0.407 e. The molecule has 0 atom stereocenters. The predicted octanol–water partition coefficient (Wildman–Crippen LogP) is 1.81.